The lowest BCUT2D eigenvalue weighted by Crippen LogP contribution is -2.07. The van der Waals surface area contributed by atoms with Crippen LogP contribution in [0.3, 0.4) is 0 Å². The number of nitrogens with one attached hydrogen (secondary N) is 1. The summed E-state index contributed by atoms with van der Waals surface area (Å²) in [4.78, 5) is 24.0. The molecule has 1 N–H and O–H groups in total. The minimum atomic E-state index is -0.108. The summed E-state index contributed by atoms with van der Waals surface area (Å²) in [6.07, 6.45) is 5.33. The van der Waals surface area contributed by atoms with E-state index in [0.717, 1.165) is 59.1 Å². The molecule has 0 fully saturated rings. The number of nitrogens with zero attached hydrogens (tertiary/aromatic N) is 5. The third kappa shape index (κ3) is 3.14. The quantitative estimate of drug-likeness (QED) is 0.518. The lowest BCUT2D eigenvalue weighted by atomic mass is 9.95. The highest BCUT2D eigenvalue weighted by atomic mass is 32.1. The van der Waals surface area contributed by atoms with Gasteiger partial charge in [0.1, 0.15) is 0 Å². The van der Waals surface area contributed by atoms with E-state index in [1.54, 1.807) is 6.20 Å². The van der Waals surface area contributed by atoms with Crippen LogP contribution in [-0.4, -0.2) is 37.6 Å². The molecule has 0 saturated heterocycles. The number of fused-ring (bicyclic) bond motifs is 4. The zero-order valence-electron chi connectivity index (χ0n) is 17.9. The highest BCUT2D eigenvalue weighted by molar-refractivity contribution is 7.19. The van der Waals surface area contributed by atoms with Crippen molar-refractivity contribution < 1.29 is 4.79 Å². The Morgan fingerprint density at radius 2 is 2.03 bits per heavy atom. The molecular formula is C24H22N6OS. The Balaban J connectivity index is 1.56. The van der Waals surface area contributed by atoms with E-state index < -0.39 is 0 Å². The number of hydrogen-bond acceptors (Lipinski definition) is 6. The van der Waals surface area contributed by atoms with E-state index in [-0.39, 0.29) is 5.91 Å². The lowest BCUT2D eigenvalue weighted by Gasteiger charge is -2.14. The molecule has 32 heavy (non-hydrogen) atoms. The molecule has 0 radical (unpaired) electrons. The molecule has 1 amide bonds. The molecule has 0 saturated carbocycles. The first-order valence-electron chi connectivity index (χ1n) is 10.7. The Labute approximate surface area is 189 Å². The fourth-order valence-electron chi connectivity index (χ4n) is 4.68. The van der Waals surface area contributed by atoms with Crippen molar-refractivity contribution >= 4 is 22.4 Å². The van der Waals surface area contributed by atoms with Crippen LogP contribution < -0.4 is 5.32 Å². The summed E-state index contributed by atoms with van der Waals surface area (Å²) in [7, 11) is 2.14. The van der Waals surface area contributed by atoms with Crippen molar-refractivity contribution in [2.24, 2.45) is 0 Å². The van der Waals surface area contributed by atoms with E-state index in [4.69, 9.17) is 10.1 Å². The Morgan fingerprint density at radius 1 is 1.16 bits per heavy atom. The molecule has 0 bridgehead atoms. The summed E-state index contributed by atoms with van der Waals surface area (Å²) in [6, 6.07) is 10.6. The number of pyridine rings is 1. The Bertz CT molecular complexity index is 1360. The predicted octanol–water partition coefficient (Wildman–Crippen LogP) is 4.06. The zero-order chi connectivity index (χ0) is 21.8. The van der Waals surface area contributed by atoms with Crippen molar-refractivity contribution in [2.45, 2.75) is 32.9 Å². The van der Waals surface area contributed by atoms with Gasteiger partial charge in [0.15, 0.2) is 5.13 Å². The fourth-order valence-corrected chi connectivity index (χ4v) is 5.79. The maximum absolute atomic E-state index is 11.6. The van der Waals surface area contributed by atoms with Crippen LogP contribution in [0.5, 0.6) is 0 Å². The van der Waals surface area contributed by atoms with Gasteiger partial charge < -0.3 is 5.32 Å². The maximum Gasteiger partial charge on any atom is 0.223 e. The largest absolute Gasteiger partial charge is 0.302 e. The van der Waals surface area contributed by atoms with Crippen LogP contribution in [0.2, 0.25) is 0 Å². The van der Waals surface area contributed by atoms with E-state index in [1.165, 1.54) is 35.0 Å². The number of carbonyl (C=O) groups excluding carboxylic acids is 1. The van der Waals surface area contributed by atoms with E-state index in [2.05, 4.69) is 51.2 Å². The number of aromatic nitrogens is 4. The summed E-state index contributed by atoms with van der Waals surface area (Å²) in [5.41, 5.74) is 9.04. The fraction of sp³-hybridized carbons (Fsp3) is 0.250. The van der Waals surface area contributed by atoms with Gasteiger partial charge >= 0.3 is 0 Å². The van der Waals surface area contributed by atoms with Gasteiger partial charge in [-0.3, -0.25) is 14.7 Å². The standard InChI is InChI=1S/C24H22N6OS/c1-14(31)26-24-27-20-8-7-19-21(15-4-3-9-25-11-15)28-30(22(19)23(20)32-24)18-6-5-16-12-29(2)13-17(16)10-18/h3-6,9-11H,7-8,12-13H2,1-2H3,(H,26,27,31). The number of carbonyl (C=O) groups is 1. The van der Waals surface area contributed by atoms with Gasteiger partial charge in [0, 0.05) is 43.5 Å². The molecule has 1 aromatic carbocycles. The highest BCUT2D eigenvalue weighted by Crippen LogP contribution is 2.44. The van der Waals surface area contributed by atoms with Crippen LogP contribution in [0.15, 0.2) is 42.7 Å². The Morgan fingerprint density at radius 3 is 2.84 bits per heavy atom. The zero-order valence-corrected chi connectivity index (χ0v) is 18.7. The van der Waals surface area contributed by atoms with Crippen LogP contribution in [-0.2, 0) is 30.7 Å². The first kappa shape index (κ1) is 19.3. The van der Waals surface area contributed by atoms with Crippen molar-refractivity contribution in [1.82, 2.24) is 24.6 Å². The second-order valence-electron chi connectivity index (χ2n) is 8.43. The van der Waals surface area contributed by atoms with E-state index in [0.29, 0.717) is 5.13 Å². The molecular weight excluding hydrogens is 420 g/mol. The topological polar surface area (TPSA) is 75.9 Å². The number of aryl methyl sites for hydroxylation is 1. The Kier molecular flexibility index (Phi) is 4.44. The van der Waals surface area contributed by atoms with Crippen molar-refractivity contribution in [1.29, 1.82) is 0 Å². The van der Waals surface area contributed by atoms with Crippen molar-refractivity contribution in [3.8, 4) is 27.5 Å². The molecule has 7 nitrogen and oxygen atoms in total. The van der Waals surface area contributed by atoms with Crippen molar-refractivity contribution in [3.05, 3.63) is 65.1 Å². The number of hydrogen-bond donors (Lipinski definition) is 1. The highest BCUT2D eigenvalue weighted by Gasteiger charge is 2.30. The number of benzene rings is 1. The summed E-state index contributed by atoms with van der Waals surface area (Å²) in [6.45, 7) is 3.44. The van der Waals surface area contributed by atoms with E-state index in [9.17, 15) is 4.79 Å². The van der Waals surface area contributed by atoms with Gasteiger partial charge in [0.05, 0.1) is 27.6 Å². The maximum atomic E-state index is 11.6. The molecule has 2 aliphatic rings. The van der Waals surface area contributed by atoms with Gasteiger partial charge in [-0.15, -0.1) is 0 Å². The van der Waals surface area contributed by atoms with Gasteiger partial charge in [-0.2, -0.15) is 5.10 Å². The number of amides is 1. The minimum Gasteiger partial charge on any atom is -0.302 e. The number of rotatable bonds is 3. The monoisotopic (exact) mass is 442 g/mol. The van der Waals surface area contributed by atoms with Crippen LogP contribution >= 0.6 is 11.3 Å². The van der Waals surface area contributed by atoms with Crippen LogP contribution in [0, 0.1) is 0 Å². The van der Waals surface area contributed by atoms with Gasteiger partial charge in [-0.1, -0.05) is 17.4 Å². The predicted molar refractivity (Wildman–Crippen MR) is 125 cm³/mol. The van der Waals surface area contributed by atoms with E-state index in [1.807, 2.05) is 12.3 Å². The molecule has 4 heterocycles. The third-order valence-corrected chi connectivity index (χ3v) is 7.06. The van der Waals surface area contributed by atoms with Crippen LogP contribution in [0.25, 0.3) is 27.5 Å². The van der Waals surface area contributed by atoms with Gasteiger partial charge in [0.2, 0.25) is 5.91 Å². The second kappa shape index (κ2) is 7.36. The average Bonchev–Trinajstić information content (AvgIpc) is 3.46. The minimum absolute atomic E-state index is 0.108. The van der Waals surface area contributed by atoms with Gasteiger partial charge in [-0.25, -0.2) is 9.67 Å². The normalized spacial score (nSPS) is 14.7. The number of thiazole rings is 1. The molecule has 160 valence electrons. The molecule has 0 spiro atoms. The summed E-state index contributed by atoms with van der Waals surface area (Å²) in [5, 5.41) is 8.59. The summed E-state index contributed by atoms with van der Waals surface area (Å²) in [5.74, 6) is -0.108. The molecule has 1 aliphatic heterocycles. The molecule has 6 rings (SSSR count). The molecule has 3 aromatic heterocycles. The molecule has 4 aromatic rings. The Hall–Kier alpha value is -3.36. The summed E-state index contributed by atoms with van der Waals surface area (Å²) < 4.78 is 2.06. The first-order chi connectivity index (χ1) is 15.6. The SMILES string of the molecule is CC(=O)Nc1nc2c(s1)-c1c(c(-c3cccnc3)nn1-c1ccc3c(c1)CN(C)C3)CC2. The smallest absolute Gasteiger partial charge is 0.223 e. The van der Waals surface area contributed by atoms with Gasteiger partial charge in [-0.05, 0) is 55.3 Å². The van der Waals surface area contributed by atoms with Crippen LogP contribution in [0.1, 0.15) is 29.3 Å². The number of anilines is 1. The molecule has 1 aliphatic carbocycles. The third-order valence-electron chi connectivity index (χ3n) is 6.04. The molecule has 0 unspecified atom stereocenters. The lowest BCUT2D eigenvalue weighted by molar-refractivity contribution is -0.114. The average molecular weight is 443 g/mol. The van der Waals surface area contributed by atoms with Crippen LogP contribution in [0.4, 0.5) is 5.13 Å². The van der Waals surface area contributed by atoms with Crippen molar-refractivity contribution in [2.75, 3.05) is 12.4 Å². The first-order valence-corrected chi connectivity index (χ1v) is 11.5. The second-order valence-corrected chi connectivity index (χ2v) is 9.43. The van der Waals surface area contributed by atoms with Gasteiger partial charge in [0.25, 0.3) is 0 Å². The van der Waals surface area contributed by atoms with Crippen molar-refractivity contribution in [3.63, 3.8) is 0 Å². The molecule has 0 atom stereocenters. The summed E-state index contributed by atoms with van der Waals surface area (Å²) >= 11 is 1.52. The van der Waals surface area contributed by atoms with E-state index >= 15 is 0 Å². The molecule has 8 heteroatoms.